The predicted octanol–water partition coefficient (Wildman–Crippen LogP) is 1.99. The van der Waals surface area contributed by atoms with Gasteiger partial charge in [-0.15, -0.1) is 0 Å². The second kappa shape index (κ2) is 2.99. The van der Waals surface area contributed by atoms with Gasteiger partial charge in [-0.2, -0.15) is 4.73 Å². The van der Waals surface area contributed by atoms with Crippen LogP contribution in [0.3, 0.4) is 0 Å². The SMILES string of the molecule is C[C@@H](N)c1ccc2c(F)ccc-2n1O. The van der Waals surface area contributed by atoms with Crippen LogP contribution in [0.2, 0.25) is 0 Å². The molecule has 1 aliphatic carbocycles. The Morgan fingerprint density at radius 1 is 1.36 bits per heavy atom. The molecule has 0 spiro atoms. The molecule has 0 aromatic rings. The topological polar surface area (TPSA) is 51.2 Å². The van der Waals surface area contributed by atoms with E-state index in [2.05, 4.69) is 0 Å². The zero-order valence-electron chi connectivity index (χ0n) is 7.74. The molecule has 2 rings (SSSR count). The number of pyridine rings is 1. The first-order chi connectivity index (χ1) is 6.61. The summed E-state index contributed by atoms with van der Waals surface area (Å²) in [7, 11) is 0. The molecule has 0 unspecified atom stereocenters. The molecule has 1 heterocycles. The Kier molecular flexibility index (Phi) is 1.93. The molecule has 0 bridgehead atoms. The van der Waals surface area contributed by atoms with Crippen molar-refractivity contribution in [3.8, 4) is 11.3 Å². The summed E-state index contributed by atoms with van der Waals surface area (Å²) in [6, 6.07) is 5.80. The molecular formula is C10H11FN2O. The van der Waals surface area contributed by atoms with Crippen molar-refractivity contribution in [3.63, 3.8) is 0 Å². The van der Waals surface area contributed by atoms with Crippen LogP contribution in [-0.4, -0.2) is 9.94 Å². The van der Waals surface area contributed by atoms with Crippen LogP contribution in [0.5, 0.6) is 0 Å². The van der Waals surface area contributed by atoms with Crippen LogP contribution in [0.1, 0.15) is 18.7 Å². The minimum Gasteiger partial charge on any atom is -0.428 e. The summed E-state index contributed by atoms with van der Waals surface area (Å²) in [6.07, 6.45) is 0. The highest BCUT2D eigenvalue weighted by Gasteiger charge is 2.16. The average molecular weight is 194 g/mol. The quantitative estimate of drug-likeness (QED) is 0.682. The molecule has 14 heavy (non-hydrogen) atoms. The normalized spacial score (nSPS) is 13.4. The number of hydrogen-bond acceptors (Lipinski definition) is 2. The van der Waals surface area contributed by atoms with Gasteiger partial charge in [-0.05, 0) is 31.2 Å². The maximum absolute atomic E-state index is 13.1. The van der Waals surface area contributed by atoms with E-state index in [1.54, 1.807) is 19.1 Å². The molecule has 74 valence electrons. The largest absolute Gasteiger partial charge is 0.428 e. The van der Waals surface area contributed by atoms with Crippen LogP contribution in [0, 0.1) is 5.82 Å². The van der Waals surface area contributed by atoms with Crippen molar-refractivity contribution >= 4 is 0 Å². The van der Waals surface area contributed by atoms with Gasteiger partial charge in [0.25, 0.3) is 0 Å². The van der Waals surface area contributed by atoms with E-state index >= 15 is 0 Å². The highest BCUT2D eigenvalue weighted by Crippen LogP contribution is 2.28. The first kappa shape index (κ1) is 9.02. The van der Waals surface area contributed by atoms with Gasteiger partial charge in [0.2, 0.25) is 0 Å². The molecule has 0 fully saturated rings. The minimum atomic E-state index is -0.334. The maximum atomic E-state index is 13.1. The first-order valence-electron chi connectivity index (χ1n) is 4.36. The number of hydrogen-bond donors (Lipinski definition) is 2. The summed E-state index contributed by atoms with van der Waals surface area (Å²) in [5, 5.41) is 9.70. The van der Waals surface area contributed by atoms with E-state index in [1.165, 1.54) is 12.1 Å². The van der Waals surface area contributed by atoms with Crippen molar-refractivity contribution in [2.24, 2.45) is 5.73 Å². The average Bonchev–Trinajstić information content (AvgIpc) is 2.49. The summed E-state index contributed by atoms with van der Waals surface area (Å²) < 4.78 is 14.0. The number of halogens is 1. The molecule has 0 saturated heterocycles. The number of fused-ring (bicyclic) bond motifs is 1. The van der Waals surface area contributed by atoms with E-state index in [-0.39, 0.29) is 11.9 Å². The Morgan fingerprint density at radius 2 is 2.07 bits per heavy atom. The van der Waals surface area contributed by atoms with Crippen molar-refractivity contribution in [2.75, 3.05) is 0 Å². The Hall–Kier alpha value is -1.55. The third-order valence-corrected chi connectivity index (χ3v) is 2.28. The molecule has 3 N–H and O–H groups in total. The zero-order chi connectivity index (χ0) is 10.3. The summed E-state index contributed by atoms with van der Waals surface area (Å²) in [6.45, 7) is 1.76. The number of nitrogens with two attached hydrogens (primary N) is 1. The highest BCUT2D eigenvalue weighted by molar-refractivity contribution is 5.64. The van der Waals surface area contributed by atoms with E-state index in [0.717, 1.165) is 4.73 Å². The second-order valence-electron chi connectivity index (χ2n) is 3.34. The van der Waals surface area contributed by atoms with E-state index in [4.69, 9.17) is 5.73 Å². The summed E-state index contributed by atoms with van der Waals surface area (Å²) in [5.74, 6) is -0.334. The monoisotopic (exact) mass is 194 g/mol. The van der Waals surface area contributed by atoms with Crippen LogP contribution in [-0.2, 0) is 0 Å². The number of nitrogens with zero attached hydrogens (tertiary/aromatic N) is 1. The molecule has 4 heteroatoms. The van der Waals surface area contributed by atoms with Gasteiger partial charge in [0.15, 0.2) is 0 Å². The van der Waals surface area contributed by atoms with Crippen molar-refractivity contribution in [3.05, 3.63) is 35.8 Å². The maximum Gasteiger partial charge on any atom is 0.132 e. The molecule has 0 aromatic carbocycles. The van der Waals surface area contributed by atoms with Crippen molar-refractivity contribution < 1.29 is 9.60 Å². The molecule has 1 aliphatic heterocycles. The van der Waals surface area contributed by atoms with E-state index in [9.17, 15) is 9.60 Å². The molecular weight excluding hydrogens is 183 g/mol. The molecule has 0 radical (unpaired) electrons. The predicted molar refractivity (Wildman–Crippen MR) is 50.8 cm³/mol. The van der Waals surface area contributed by atoms with Crippen molar-refractivity contribution in [1.29, 1.82) is 0 Å². The molecule has 0 saturated carbocycles. The first-order valence-corrected chi connectivity index (χ1v) is 4.36. The van der Waals surface area contributed by atoms with Crippen molar-refractivity contribution in [1.82, 2.24) is 4.73 Å². The van der Waals surface area contributed by atoms with Gasteiger partial charge in [0.1, 0.15) is 5.82 Å². The van der Waals surface area contributed by atoms with Gasteiger partial charge < -0.3 is 10.9 Å². The van der Waals surface area contributed by atoms with Crippen LogP contribution >= 0.6 is 0 Å². The lowest BCUT2D eigenvalue weighted by atomic mass is 10.1. The molecule has 0 amide bonds. The van der Waals surface area contributed by atoms with Gasteiger partial charge in [0, 0.05) is 11.6 Å². The fourth-order valence-corrected chi connectivity index (χ4v) is 1.53. The number of rotatable bonds is 1. The van der Waals surface area contributed by atoms with Crippen LogP contribution in [0.15, 0.2) is 24.3 Å². The van der Waals surface area contributed by atoms with Gasteiger partial charge in [0.05, 0.1) is 11.4 Å². The Morgan fingerprint density at radius 3 is 2.71 bits per heavy atom. The fourth-order valence-electron chi connectivity index (χ4n) is 1.53. The van der Waals surface area contributed by atoms with Gasteiger partial charge in [-0.25, -0.2) is 4.39 Å². The molecule has 2 aliphatic rings. The Labute approximate surface area is 80.9 Å². The van der Waals surface area contributed by atoms with Crippen molar-refractivity contribution in [2.45, 2.75) is 13.0 Å². The third kappa shape index (κ3) is 1.15. The Bertz CT molecular complexity index is 436. The summed E-state index contributed by atoms with van der Waals surface area (Å²) >= 11 is 0. The van der Waals surface area contributed by atoms with Crippen LogP contribution in [0.4, 0.5) is 4.39 Å². The van der Waals surface area contributed by atoms with Crippen LogP contribution in [0.25, 0.3) is 11.3 Å². The Balaban J connectivity index is 2.69. The van der Waals surface area contributed by atoms with Gasteiger partial charge in [-0.1, -0.05) is 0 Å². The standard InChI is InChI=1S/C10H11FN2O/c1-6(12)9-4-2-7-8(11)3-5-10(7)13(9)14/h2-6,14H,12H2,1H3/t6-/m1/s1. The lowest BCUT2D eigenvalue weighted by Crippen LogP contribution is -2.14. The van der Waals surface area contributed by atoms with Crippen LogP contribution < -0.4 is 5.73 Å². The van der Waals surface area contributed by atoms with Gasteiger partial charge in [-0.3, -0.25) is 0 Å². The smallest absolute Gasteiger partial charge is 0.132 e. The fraction of sp³-hybridized carbons (Fsp3) is 0.200. The molecule has 3 nitrogen and oxygen atoms in total. The minimum absolute atomic E-state index is 0.289. The molecule has 0 aromatic heterocycles. The lowest BCUT2D eigenvalue weighted by Gasteiger charge is -2.14. The summed E-state index contributed by atoms with van der Waals surface area (Å²) in [4.78, 5) is 0. The third-order valence-electron chi connectivity index (χ3n) is 2.28. The van der Waals surface area contributed by atoms with E-state index in [1.807, 2.05) is 0 Å². The molecule has 1 atom stereocenters. The second-order valence-corrected chi connectivity index (χ2v) is 3.34. The zero-order valence-corrected chi connectivity index (χ0v) is 7.74. The highest BCUT2D eigenvalue weighted by atomic mass is 19.1. The van der Waals surface area contributed by atoms with E-state index in [0.29, 0.717) is 17.0 Å². The van der Waals surface area contributed by atoms with E-state index < -0.39 is 0 Å². The lowest BCUT2D eigenvalue weighted by molar-refractivity contribution is 0.176. The summed E-state index contributed by atoms with van der Waals surface area (Å²) in [5.41, 5.74) is 7.04. The number of aromatic nitrogens is 1. The van der Waals surface area contributed by atoms with Gasteiger partial charge >= 0.3 is 0 Å².